The van der Waals surface area contributed by atoms with Crippen LogP contribution in [0.1, 0.15) is 30.5 Å². The Balaban J connectivity index is 1.94. The summed E-state index contributed by atoms with van der Waals surface area (Å²) >= 11 is 0. The molecule has 2 rings (SSSR count). The van der Waals surface area contributed by atoms with E-state index in [0.29, 0.717) is 0 Å². The average Bonchev–Trinajstić information content (AvgIpc) is 2.46. The number of nitrogens with one attached hydrogen (secondary N) is 1. The number of nitrogens with zero attached hydrogens (tertiary/aromatic N) is 1. The molecule has 18 heavy (non-hydrogen) atoms. The zero-order chi connectivity index (χ0) is 12.8. The van der Waals surface area contributed by atoms with Crippen LogP contribution in [0.15, 0.2) is 48.7 Å². The van der Waals surface area contributed by atoms with Crippen LogP contribution in [-0.2, 0) is 6.54 Å². The Labute approximate surface area is 108 Å². The number of hydrogen-bond donors (Lipinski definition) is 2. The van der Waals surface area contributed by atoms with Gasteiger partial charge in [0, 0.05) is 18.8 Å². The molecule has 0 bridgehead atoms. The fourth-order valence-corrected chi connectivity index (χ4v) is 1.75. The number of rotatable bonds is 5. The van der Waals surface area contributed by atoms with E-state index in [1.165, 1.54) is 5.56 Å². The molecule has 0 amide bonds. The van der Waals surface area contributed by atoms with Crippen LogP contribution >= 0.6 is 0 Å². The van der Waals surface area contributed by atoms with Gasteiger partial charge in [0.15, 0.2) is 0 Å². The number of anilines is 1. The summed E-state index contributed by atoms with van der Waals surface area (Å²) in [6.07, 6.45) is 2.78. The Hall–Kier alpha value is -1.87. The molecule has 0 aliphatic carbocycles. The molecule has 0 saturated carbocycles. The first kappa shape index (κ1) is 12.6. The van der Waals surface area contributed by atoms with Crippen molar-refractivity contribution in [3.05, 3.63) is 59.8 Å². The highest BCUT2D eigenvalue weighted by atomic mass is 15.0. The van der Waals surface area contributed by atoms with Crippen LogP contribution in [0.5, 0.6) is 0 Å². The number of hydrogen-bond acceptors (Lipinski definition) is 3. The van der Waals surface area contributed by atoms with E-state index in [-0.39, 0.29) is 6.04 Å². The van der Waals surface area contributed by atoms with Gasteiger partial charge in [0.05, 0.1) is 0 Å². The molecule has 0 fully saturated rings. The molecule has 0 unspecified atom stereocenters. The van der Waals surface area contributed by atoms with Gasteiger partial charge in [0.25, 0.3) is 0 Å². The van der Waals surface area contributed by atoms with Crippen LogP contribution in [0.25, 0.3) is 0 Å². The molecule has 0 radical (unpaired) electrons. The molecule has 0 aliphatic rings. The summed E-state index contributed by atoms with van der Waals surface area (Å²) in [6, 6.07) is 14.4. The van der Waals surface area contributed by atoms with Crippen molar-refractivity contribution in [1.29, 1.82) is 0 Å². The summed E-state index contributed by atoms with van der Waals surface area (Å²) in [7, 11) is 0. The van der Waals surface area contributed by atoms with Gasteiger partial charge in [0.1, 0.15) is 5.82 Å². The van der Waals surface area contributed by atoms with Gasteiger partial charge in [-0.2, -0.15) is 0 Å². The Bertz CT molecular complexity index is 465. The van der Waals surface area contributed by atoms with Gasteiger partial charge in [-0.05, 0) is 23.6 Å². The number of nitrogens with two attached hydrogens (primary N) is 1. The Kier molecular flexibility index (Phi) is 4.31. The molecule has 1 atom stereocenters. The van der Waals surface area contributed by atoms with Gasteiger partial charge >= 0.3 is 0 Å². The van der Waals surface area contributed by atoms with Gasteiger partial charge in [-0.25, -0.2) is 4.98 Å². The van der Waals surface area contributed by atoms with E-state index in [1.54, 1.807) is 0 Å². The highest BCUT2D eigenvalue weighted by Gasteiger charge is 2.03. The molecule has 0 saturated heterocycles. The second kappa shape index (κ2) is 6.17. The van der Waals surface area contributed by atoms with E-state index in [4.69, 9.17) is 5.73 Å². The predicted octanol–water partition coefficient (Wildman–Crippen LogP) is 3.10. The van der Waals surface area contributed by atoms with Crippen LogP contribution in [0, 0.1) is 0 Å². The third-order valence-corrected chi connectivity index (χ3v) is 2.97. The standard InChI is InChI=1S/C15H19N3/c1-2-14(16)13-8-9-15(18-11-13)17-10-12-6-4-3-5-7-12/h3-9,11,14H,2,10,16H2,1H3,(H,17,18)/t14-/m0/s1. The van der Waals surface area contributed by atoms with Gasteiger partial charge in [-0.15, -0.1) is 0 Å². The maximum absolute atomic E-state index is 5.95. The van der Waals surface area contributed by atoms with Gasteiger partial charge in [-0.1, -0.05) is 43.3 Å². The predicted molar refractivity (Wildman–Crippen MR) is 75.2 cm³/mol. The van der Waals surface area contributed by atoms with Crippen LogP contribution in [0.3, 0.4) is 0 Å². The maximum atomic E-state index is 5.95. The molecule has 3 heteroatoms. The van der Waals surface area contributed by atoms with Crippen LogP contribution in [-0.4, -0.2) is 4.98 Å². The lowest BCUT2D eigenvalue weighted by atomic mass is 10.1. The molecule has 2 aromatic rings. The first-order valence-electron chi connectivity index (χ1n) is 6.29. The van der Waals surface area contributed by atoms with Gasteiger partial charge in [0.2, 0.25) is 0 Å². The van der Waals surface area contributed by atoms with Crippen LogP contribution in [0.2, 0.25) is 0 Å². The Morgan fingerprint density at radius 3 is 2.56 bits per heavy atom. The normalized spacial score (nSPS) is 12.1. The molecule has 94 valence electrons. The van der Waals surface area contributed by atoms with E-state index < -0.39 is 0 Å². The smallest absolute Gasteiger partial charge is 0.126 e. The second-order valence-corrected chi connectivity index (χ2v) is 4.33. The largest absolute Gasteiger partial charge is 0.366 e. The molecule has 0 spiro atoms. The minimum absolute atomic E-state index is 0.0840. The zero-order valence-electron chi connectivity index (χ0n) is 10.6. The highest BCUT2D eigenvalue weighted by Crippen LogP contribution is 2.14. The number of aromatic nitrogens is 1. The SMILES string of the molecule is CC[C@H](N)c1ccc(NCc2ccccc2)nc1. The van der Waals surface area contributed by atoms with E-state index in [1.807, 2.05) is 36.5 Å². The average molecular weight is 241 g/mol. The molecule has 0 aliphatic heterocycles. The van der Waals surface area contributed by atoms with Crippen LogP contribution < -0.4 is 11.1 Å². The minimum Gasteiger partial charge on any atom is -0.366 e. The summed E-state index contributed by atoms with van der Waals surface area (Å²) in [6.45, 7) is 2.86. The molecule has 3 nitrogen and oxygen atoms in total. The quantitative estimate of drug-likeness (QED) is 0.845. The summed E-state index contributed by atoms with van der Waals surface area (Å²) in [5.41, 5.74) is 8.28. The molecular weight excluding hydrogens is 222 g/mol. The molecule has 1 heterocycles. The van der Waals surface area contributed by atoms with Crippen molar-refractivity contribution in [2.45, 2.75) is 25.9 Å². The molecular formula is C15H19N3. The lowest BCUT2D eigenvalue weighted by molar-refractivity contribution is 0.695. The Morgan fingerprint density at radius 2 is 1.94 bits per heavy atom. The van der Waals surface area contributed by atoms with E-state index in [0.717, 1.165) is 24.3 Å². The highest BCUT2D eigenvalue weighted by molar-refractivity contribution is 5.37. The molecule has 1 aromatic heterocycles. The van der Waals surface area contributed by atoms with Crippen molar-refractivity contribution in [2.75, 3.05) is 5.32 Å². The minimum atomic E-state index is 0.0840. The van der Waals surface area contributed by atoms with E-state index in [2.05, 4.69) is 29.4 Å². The fourth-order valence-electron chi connectivity index (χ4n) is 1.75. The monoisotopic (exact) mass is 241 g/mol. The van der Waals surface area contributed by atoms with Crippen molar-refractivity contribution in [2.24, 2.45) is 5.73 Å². The van der Waals surface area contributed by atoms with Crippen molar-refractivity contribution < 1.29 is 0 Å². The Morgan fingerprint density at radius 1 is 1.17 bits per heavy atom. The van der Waals surface area contributed by atoms with Crippen molar-refractivity contribution in [3.63, 3.8) is 0 Å². The lowest BCUT2D eigenvalue weighted by Gasteiger charge is -2.10. The van der Waals surface area contributed by atoms with E-state index in [9.17, 15) is 0 Å². The summed E-state index contributed by atoms with van der Waals surface area (Å²) in [5, 5.41) is 3.29. The maximum Gasteiger partial charge on any atom is 0.126 e. The molecule has 3 N–H and O–H groups in total. The first-order chi connectivity index (χ1) is 8.79. The van der Waals surface area contributed by atoms with Crippen molar-refractivity contribution in [3.8, 4) is 0 Å². The van der Waals surface area contributed by atoms with Gasteiger partial charge in [-0.3, -0.25) is 0 Å². The van der Waals surface area contributed by atoms with Crippen molar-refractivity contribution >= 4 is 5.82 Å². The third kappa shape index (κ3) is 3.31. The summed E-state index contributed by atoms with van der Waals surface area (Å²) in [5.74, 6) is 0.880. The number of benzene rings is 1. The van der Waals surface area contributed by atoms with Gasteiger partial charge < -0.3 is 11.1 Å². The van der Waals surface area contributed by atoms with E-state index >= 15 is 0 Å². The van der Waals surface area contributed by atoms with Crippen molar-refractivity contribution in [1.82, 2.24) is 4.98 Å². The second-order valence-electron chi connectivity index (χ2n) is 4.33. The zero-order valence-corrected chi connectivity index (χ0v) is 10.6. The van der Waals surface area contributed by atoms with Crippen LogP contribution in [0.4, 0.5) is 5.82 Å². The summed E-state index contributed by atoms with van der Waals surface area (Å²) in [4.78, 5) is 4.37. The fraction of sp³-hybridized carbons (Fsp3) is 0.267. The third-order valence-electron chi connectivity index (χ3n) is 2.97. The lowest BCUT2D eigenvalue weighted by Crippen LogP contribution is -2.09. The summed E-state index contributed by atoms with van der Waals surface area (Å²) < 4.78 is 0. The first-order valence-corrected chi connectivity index (χ1v) is 6.29. The topological polar surface area (TPSA) is 50.9 Å². The molecule has 1 aromatic carbocycles. The number of pyridine rings is 1.